The van der Waals surface area contributed by atoms with Crippen LogP contribution in [0, 0.1) is 0 Å². The van der Waals surface area contributed by atoms with Gasteiger partial charge in [0, 0.05) is 29.3 Å². The van der Waals surface area contributed by atoms with Gasteiger partial charge in [-0.15, -0.1) is 0 Å². The molecule has 0 aromatic heterocycles. The molecule has 31 heavy (non-hydrogen) atoms. The number of ketones is 1. The summed E-state index contributed by atoms with van der Waals surface area (Å²) in [6, 6.07) is 15.7. The molecule has 2 unspecified atom stereocenters. The van der Waals surface area contributed by atoms with Gasteiger partial charge in [-0.1, -0.05) is 36.4 Å². The zero-order valence-electron chi connectivity index (χ0n) is 17.4. The second-order valence-electron chi connectivity index (χ2n) is 8.03. The molecule has 0 fully saturated rings. The molecule has 6 heteroatoms. The quantitative estimate of drug-likeness (QED) is 0.763. The lowest BCUT2D eigenvalue weighted by atomic mass is 9.71. The highest BCUT2D eigenvalue weighted by Gasteiger charge is 2.41. The van der Waals surface area contributed by atoms with Crippen molar-refractivity contribution in [2.24, 2.45) is 0 Å². The average molecular weight is 417 g/mol. The van der Waals surface area contributed by atoms with Gasteiger partial charge in [-0.2, -0.15) is 0 Å². The van der Waals surface area contributed by atoms with E-state index in [-0.39, 0.29) is 18.5 Å². The van der Waals surface area contributed by atoms with Gasteiger partial charge in [0.05, 0.1) is 12.7 Å². The number of hydrogen-bond acceptors (Lipinski definition) is 6. The van der Waals surface area contributed by atoms with Crippen molar-refractivity contribution in [3.8, 4) is 11.5 Å². The summed E-state index contributed by atoms with van der Waals surface area (Å²) in [4.78, 5) is 26.2. The van der Waals surface area contributed by atoms with Crippen LogP contribution >= 0.6 is 0 Å². The number of Topliss-reactive ketones (excluding diaryl/α,β-unsaturated/α-hetero) is 1. The van der Waals surface area contributed by atoms with Crippen LogP contribution in [0.25, 0.3) is 0 Å². The molecule has 2 aromatic rings. The molecule has 6 nitrogen and oxygen atoms in total. The fourth-order valence-corrected chi connectivity index (χ4v) is 4.81. The minimum atomic E-state index is -0.512. The number of methoxy groups -OCH3 is 1. The topological polar surface area (TPSA) is 73.9 Å². The number of rotatable bonds is 3. The van der Waals surface area contributed by atoms with Gasteiger partial charge in [0.1, 0.15) is 0 Å². The van der Waals surface area contributed by atoms with Gasteiger partial charge >= 0.3 is 5.97 Å². The van der Waals surface area contributed by atoms with Crippen molar-refractivity contribution >= 4 is 11.8 Å². The van der Waals surface area contributed by atoms with Gasteiger partial charge in [-0.3, -0.25) is 4.79 Å². The number of ether oxygens (including phenoxy) is 3. The Balaban J connectivity index is 1.61. The zero-order chi connectivity index (χ0) is 21.5. The SMILES string of the molecule is COC(=O)C1=C(C)NC2=C(C(=O)CC(c3ccccc3)C2)C1c1ccc2c(c1)OCO2. The minimum absolute atomic E-state index is 0.0409. The molecule has 5 rings (SSSR count). The molecule has 0 bridgehead atoms. The number of carbonyl (C=O) groups excluding carboxylic acids is 2. The average Bonchev–Trinajstić information content (AvgIpc) is 3.26. The van der Waals surface area contributed by atoms with Gasteiger partial charge < -0.3 is 19.5 Å². The lowest BCUT2D eigenvalue weighted by Gasteiger charge is -2.36. The highest BCUT2D eigenvalue weighted by Crippen LogP contribution is 2.47. The molecule has 3 aliphatic rings. The molecular formula is C25H23NO5. The van der Waals surface area contributed by atoms with E-state index < -0.39 is 11.9 Å². The van der Waals surface area contributed by atoms with Crippen LogP contribution in [0.1, 0.15) is 42.7 Å². The lowest BCUT2D eigenvalue weighted by molar-refractivity contribution is -0.136. The predicted octanol–water partition coefficient (Wildman–Crippen LogP) is 3.95. The molecule has 2 aliphatic heterocycles. The van der Waals surface area contributed by atoms with Gasteiger partial charge in [0.15, 0.2) is 17.3 Å². The fourth-order valence-electron chi connectivity index (χ4n) is 4.81. The monoisotopic (exact) mass is 417 g/mol. The van der Waals surface area contributed by atoms with Gasteiger partial charge in [-0.05, 0) is 42.5 Å². The summed E-state index contributed by atoms with van der Waals surface area (Å²) in [5, 5.41) is 3.35. The Labute approximate surface area is 180 Å². The third-order valence-electron chi connectivity index (χ3n) is 6.23. The Hall–Kier alpha value is -3.54. The van der Waals surface area contributed by atoms with Crippen molar-refractivity contribution in [1.82, 2.24) is 5.32 Å². The van der Waals surface area contributed by atoms with Crippen molar-refractivity contribution in [2.45, 2.75) is 31.6 Å². The first-order chi connectivity index (χ1) is 15.1. The molecule has 2 heterocycles. The van der Waals surface area contributed by atoms with E-state index in [1.807, 2.05) is 43.3 Å². The van der Waals surface area contributed by atoms with Crippen molar-refractivity contribution in [3.05, 3.63) is 82.2 Å². The zero-order valence-corrected chi connectivity index (χ0v) is 17.4. The van der Waals surface area contributed by atoms with E-state index in [2.05, 4.69) is 17.4 Å². The maximum absolute atomic E-state index is 13.5. The highest BCUT2D eigenvalue weighted by atomic mass is 16.7. The number of hydrogen-bond donors (Lipinski definition) is 1. The Morgan fingerprint density at radius 2 is 1.81 bits per heavy atom. The van der Waals surface area contributed by atoms with Gasteiger partial charge in [-0.25, -0.2) is 4.79 Å². The van der Waals surface area contributed by atoms with E-state index in [4.69, 9.17) is 14.2 Å². The normalized spacial score (nSPS) is 22.2. The summed E-state index contributed by atoms with van der Waals surface area (Å²) in [6.45, 7) is 2.02. The maximum atomic E-state index is 13.5. The van der Waals surface area contributed by atoms with Crippen LogP contribution in [0.5, 0.6) is 11.5 Å². The molecule has 0 saturated heterocycles. The van der Waals surface area contributed by atoms with Crippen LogP contribution < -0.4 is 14.8 Å². The number of benzene rings is 2. The second kappa shape index (κ2) is 7.61. The van der Waals surface area contributed by atoms with Crippen molar-refractivity contribution in [1.29, 1.82) is 0 Å². The smallest absolute Gasteiger partial charge is 0.336 e. The summed E-state index contributed by atoms with van der Waals surface area (Å²) in [5.74, 6) is 0.459. The lowest BCUT2D eigenvalue weighted by Crippen LogP contribution is -2.36. The first-order valence-electron chi connectivity index (χ1n) is 10.3. The van der Waals surface area contributed by atoms with Crippen LogP contribution in [0.3, 0.4) is 0 Å². The number of fused-ring (bicyclic) bond motifs is 1. The van der Waals surface area contributed by atoms with Gasteiger partial charge in [0.2, 0.25) is 6.79 Å². The Morgan fingerprint density at radius 1 is 1.03 bits per heavy atom. The third-order valence-corrected chi connectivity index (χ3v) is 6.23. The number of nitrogens with one attached hydrogen (secondary N) is 1. The summed E-state index contributed by atoms with van der Waals surface area (Å²) in [7, 11) is 1.36. The third kappa shape index (κ3) is 3.28. The Bertz CT molecular complexity index is 1130. The van der Waals surface area contributed by atoms with Crippen LogP contribution in [0.15, 0.2) is 71.1 Å². The number of carbonyl (C=O) groups is 2. The first-order valence-corrected chi connectivity index (χ1v) is 10.3. The van der Waals surface area contributed by atoms with Crippen molar-refractivity contribution in [3.63, 3.8) is 0 Å². The van der Waals surface area contributed by atoms with Crippen LogP contribution in [0.2, 0.25) is 0 Å². The molecule has 0 saturated carbocycles. The van der Waals surface area contributed by atoms with Crippen molar-refractivity contribution in [2.75, 3.05) is 13.9 Å². The second-order valence-corrected chi connectivity index (χ2v) is 8.03. The summed E-state index contributed by atoms with van der Waals surface area (Å²) in [5.41, 5.74) is 4.62. The minimum Gasteiger partial charge on any atom is -0.466 e. The largest absolute Gasteiger partial charge is 0.466 e. The van der Waals surface area contributed by atoms with Crippen LogP contribution in [0.4, 0.5) is 0 Å². The molecule has 158 valence electrons. The molecular weight excluding hydrogens is 394 g/mol. The molecule has 0 spiro atoms. The van der Waals surface area contributed by atoms with E-state index in [1.165, 1.54) is 7.11 Å². The summed E-state index contributed by atoms with van der Waals surface area (Å²) in [6.07, 6.45) is 1.11. The van der Waals surface area contributed by atoms with E-state index in [0.717, 1.165) is 16.8 Å². The molecule has 0 radical (unpaired) electrons. The van der Waals surface area contributed by atoms with Crippen LogP contribution in [-0.4, -0.2) is 25.7 Å². The first kappa shape index (κ1) is 19.4. The number of esters is 1. The molecule has 1 N–H and O–H groups in total. The molecule has 2 aromatic carbocycles. The van der Waals surface area contributed by atoms with E-state index >= 15 is 0 Å². The van der Waals surface area contributed by atoms with Gasteiger partial charge in [0.25, 0.3) is 0 Å². The number of allylic oxidation sites excluding steroid dienone is 3. The van der Waals surface area contributed by atoms with E-state index in [0.29, 0.717) is 41.2 Å². The standard InChI is InChI=1S/C25H23NO5/c1-14-22(25(28)29-2)23(16-8-9-20-21(12-16)31-13-30-20)24-18(26-14)10-17(11-19(24)27)15-6-4-3-5-7-15/h3-9,12,17,23,26H,10-11,13H2,1-2H3. The highest BCUT2D eigenvalue weighted by molar-refractivity contribution is 6.04. The Kier molecular flexibility index (Phi) is 4.77. The summed E-state index contributed by atoms with van der Waals surface area (Å²) < 4.78 is 16.1. The van der Waals surface area contributed by atoms with Crippen molar-refractivity contribution < 1.29 is 23.8 Å². The molecule has 1 aliphatic carbocycles. The molecule has 2 atom stereocenters. The Morgan fingerprint density at radius 3 is 2.58 bits per heavy atom. The van der Waals surface area contributed by atoms with E-state index in [1.54, 1.807) is 0 Å². The number of dihydropyridines is 1. The predicted molar refractivity (Wildman–Crippen MR) is 114 cm³/mol. The van der Waals surface area contributed by atoms with Crippen LogP contribution in [-0.2, 0) is 14.3 Å². The molecule has 0 amide bonds. The maximum Gasteiger partial charge on any atom is 0.336 e. The van der Waals surface area contributed by atoms with E-state index in [9.17, 15) is 9.59 Å². The fraction of sp³-hybridized carbons (Fsp3) is 0.280. The summed E-state index contributed by atoms with van der Waals surface area (Å²) >= 11 is 0.